The number of rotatable bonds is 4. The summed E-state index contributed by atoms with van der Waals surface area (Å²) in [5.74, 6) is 0.277. The first-order valence-electron chi connectivity index (χ1n) is 8.75. The van der Waals surface area contributed by atoms with Crippen LogP contribution < -0.4 is 5.73 Å². The van der Waals surface area contributed by atoms with E-state index in [1.165, 1.54) is 27.1 Å². The molecule has 0 bridgehead atoms. The van der Waals surface area contributed by atoms with Gasteiger partial charge in [0.05, 0.1) is 5.52 Å². The molecule has 148 valence electrons. The SMILES string of the molecule is CN(C)C(=O)c1nn(-c2ccnc(N)n2)c2cc(C(C)(O)c3nccs3)ccc12. The number of hydrogen-bond donors (Lipinski definition) is 2. The predicted octanol–water partition coefficient (Wildman–Crippen LogP) is 1.81. The number of nitrogens with zero attached hydrogens (tertiary/aromatic N) is 6. The van der Waals surface area contributed by atoms with E-state index in [-0.39, 0.29) is 17.5 Å². The number of hydrogen-bond acceptors (Lipinski definition) is 8. The lowest BCUT2D eigenvalue weighted by molar-refractivity contribution is 0.0823. The zero-order valence-electron chi connectivity index (χ0n) is 16.1. The zero-order valence-corrected chi connectivity index (χ0v) is 16.9. The van der Waals surface area contributed by atoms with Crippen LogP contribution in [0.5, 0.6) is 0 Å². The van der Waals surface area contributed by atoms with Gasteiger partial charge >= 0.3 is 0 Å². The number of carbonyl (C=O) groups excluding carboxylic acids is 1. The number of aromatic nitrogens is 5. The van der Waals surface area contributed by atoms with E-state index in [1.54, 1.807) is 51.5 Å². The number of carbonyl (C=O) groups is 1. The number of benzene rings is 1. The molecule has 1 unspecified atom stereocenters. The number of nitrogens with two attached hydrogens (primary N) is 1. The number of anilines is 1. The van der Waals surface area contributed by atoms with Gasteiger partial charge in [-0.1, -0.05) is 6.07 Å². The van der Waals surface area contributed by atoms with Crippen molar-refractivity contribution in [3.63, 3.8) is 0 Å². The van der Waals surface area contributed by atoms with Gasteiger partial charge in [0.25, 0.3) is 5.91 Å². The van der Waals surface area contributed by atoms with Crippen molar-refractivity contribution >= 4 is 34.1 Å². The number of thiazole rings is 1. The van der Waals surface area contributed by atoms with Crippen molar-refractivity contribution in [2.24, 2.45) is 0 Å². The molecule has 3 aromatic heterocycles. The van der Waals surface area contributed by atoms with Crippen molar-refractivity contribution in [3.8, 4) is 5.82 Å². The van der Waals surface area contributed by atoms with Crippen LogP contribution in [0, 0.1) is 0 Å². The van der Waals surface area contributed by atoms with Gasteiger partial charge in [0.15, 0.2) is 11.5 Å². The molecule has 0 saturated heterocycles. The third kappa shape index (κ3) is 3.22. The molecule has 1 amide bonds. The molecule has 29 heavy (non-hydrogen) atoms. The Labute approximate surface area is 170 Å². The van der Waals surface area contributed by atoms with E-state index in [0.29, 0.717) is 27.3 Å². The molecule has 0 aliphatic carbocycles. The van der Waals surface area contributed by atoms with E-state index in [1.807, 2.05) is 5.38 Å². The molecule has 1 atom stereocenters. The van der Waals surface area contributed by atoms with E-state index in [4.69, 9.17) is 5.73 Å². The molecule has 0 radical (unpaired) electrons. The second kappa shape index (κ2) is 6.90. The molecule has 4 aromatic rings. The molecule has 0 fully saturated rings. The zero-order chi connectivity index (χ0) is 20.8. The Morgan fingerprint density at radius 1 is 1.24 bits per heavy atom. The average Bonchev–Trinajstić information content (AvgIpc) is 3.35. The lowest BCUT2D eigenvalue weighted by Crippen LogP contribution is -2.23. The monoisotopic (exact) mass is 409 g/mol. The predicted molar refractivity (Wildman–Crippen MR) is 110 cm³/mol. The smallest absolute Gasteiger partial charge is 0.274 e. The minimum Gasteiger partial charge on any atom is -0.378 e. The first-order valence-corrected chi connectivity index (χ1v) is 9.63. The van der Waals surface area contributed by atoms with Crippen LogP contribution in [-0.2, 0) is 5.60 Å². The summed E-state index contributed by atoms with van der Waals surface area (Å²) in [5, 5.41) is 18.6. The average molecular weight is 409 g/mol. The maximum absolute atomic E-state index is 12.7. The Morgan fingerprint density at radius 2 is 2.03 bits per heavy atom. The maximum Gasteiger partial charge on any atom is 0.274 e. The highest BCUT2D eigenvalue weighted by Crippen LogP contribution is 2.33. The summed E-state index contributed by atoms with van der Waals surface area (Å²) >= 11 is 1.37. The highest BCUT2D eigenvalue weighted by molar-refractivity contribution is 7.09. The summed E-state index contributed by atoms with van der Waals surface area (Å²) < 4.78 is 1.53. The van der Waals surface area contributed by atoms with Gasteiger partial charge in [0, 0.05) is 43.3 Å². The topological polar surface area (TPSA) is 123 Å². The van der Waals surface area contributed by atoms with Gasteiger partial charge in [0.2, 0.25) is 5.95 Å². The first kappa shape index (κ1) is 19.0. The van der Waals surface area contributed by atoms with Gasteiger partial charge in [0.1, 0.15) is 10.6 Å². The summed E-state index contributed by atoms with van der Waals surface area (Å²) in [6, 6.07) is 6.99. The Hall–Kier alpha value is -3.37. The minimum atomic E-state index is -1.30. The Morgan fingerprint density at radius 3 is 2.69 bits per heavy atom. The fraction of sp³-hybridized carbons (Fsp3) is 0.211. The molecule has 10 heteroatoms. The largest absolute Gasteiger partial charge is 0.378 e. The van der Waals surface area contributed by atoms with Crippen molar-refractivity contribution in [1.82, 2.24) is 29.6 Å². The van der Waals surface area contributed by atoms with Crippen molar-refractivity contribution in [1.29, 1.82) is 0 Å². The third-order valence-corrected chi connectivity index (χ3v) is 5.56. The number of amides is 1. The van der Waals surface area contributed by atoms with E-state index in [9.17, 15) is 9.90 Å². The molecule has 4 rings (SSSR count). The van der Waals surface area contributed by atoms with Crippen LogP contribution in [-0.4, -0.2) is 54.7 Å². The fourth-order valence-electron chi connectivity index (χ4n) is 3.03. The lowest BCUT2D eigenvalue weighted by Gasteiger charge is -2.21. The van der Waals surface area contributed by atoms with Crippen molar-refractivity contribution in [3.05, 3.63) is 58.3 Å². The molecule has 0 spiro atoms. The molecule has 3 N–H and O–H groups in total. The normalized spacial score (nSPS) is 13.4. The van der Waals surface area contributed by atoms with E-state index in [0.717, 1.165) is 0 Å². The minimum absolute atomic E-state index is 0.0950. The number of nitrogen functional groups attached to an aromatic ring is 1. The van der Waals surface area contributed by atoms with E-state index in [2.05, 4.69) is 20.1 Å². The van der Waals surface area contributed by atoms with Gasteiger partial charge in [-0.3, -0.25) is 4.79 Å². The Kier molecular flexibility index (Phi) is 4.52. The van der Waals surface area contributed by atoms with Gasteiger partial charge in [-0.15, -0.1) is 11.3 Å². The summed E-state index contributed by atoms with van der Waals surface area (Å²) in [6.45, 7) is 1.68. The van der Waals surface area contributed by atoms with Crippen LogP contribution in [0.15, 0.2) is 42.0 Å². The Balaban J connectivity index is 1.97. The molecule has 0 aliphatic heterocycles. The van der Waals surface area contributed by atoms with Crippen molar-refractivity contribution < 1.29 is 9.90 Å². The molecule has 0 aliphatic rings. The Bertz CT molecular complexity index is 1200. The maximum atomic E-state index is 12.7. The van der Waals surface area contributed by atoms with Crippen molar-refractivity contribution in [2.45, 2.75) is 12.5 Å². The van der Waals surface area contributed by atoms with Crippen LogP contribution in [0.3, 0.4) is 0 Å². The molecule has 1 aromatic carbocycles. The second-order valence-electron chi connectivity index (χ2n) is 6.87. The van der Waals surface area contributed by atoms with E-state index < -0.39 is 5.60 Å². The molecule has 3 heterocycles. The highest BCUT2D eigenvalue weighted by atomic mass is 32.1. The first-order chi connectivity index (χ1) is 13.8. The van der Waals surface area contributed by atoms with E-state index >= 15 is 0 Å². The van der Waals surface area contributed by atoms with Crippen molar-refractivity contribution in [2.75, 3.05) is 19.8 Å². The van der Waals surface area contributed by atoms with Crippen LogP contribution in [0.4, 0.5) is 5.95 Å². The van der Waals surface area contributed by atoms with Crippen LogP contribution in [0.2, 0.25) is 0 Å². The lowest BCUT2D eigenvalue weighted by atomic mass is 9.95. The summed E-state index contributed by atoms with van der Waals surface area (Å²) in [4.78, 5) is 26.5. The molecule has 0 saturated carbocycles. The number of fused-ring (bicyclic) bond motifs is 1. The third-order valence-electron chi connectivity index (χ3n) is 4.58. The van der Waals surface area contributed by atoms with Crippen LogP contribution >= 0.6 is 11.3 Å². The summed E-state index contributed by atoms with van der Waals surface area (Å²) in [6.07, 6.45) is 3.17. The highest BCUT2D eigenvalue weighted by Gasteiger charge is 2.30. The summed E-state index contributed by atoms with van der Waals surface area (Å²) in [5.41, 5.74) is 5.95. The standard InChI is InChI=1S/C19H19N7O2S/c1-19(28,17-21-8-9-29-17)11-4-5-12-13(10-11)26(14-6-7-22-18(20)23-14)24-15(12)16(27)25(2)3/h4-10,28H,1-3H3,(H2,20,22,23). The molecular formula is C19H19N7O2S. The second-order valence-corrected chi connectivity index (χ2v) is 7.77. The van der Waals surface area contributed by atoms with Crippen LogP contribution in [0.25, 0.3) is 16.7 Å². The fourth-order valence-corrected chi connectivity index (χ4v) is 3.75. The quantitative estimate of drug-likeness (QED) is 0.527. The number of aliphatic hydroxyl groups is 1. The molecular weight excluding hydrogens is 390 g/mol. The van der Waals surface area contributed by atoms with Gasteiger partial charge in [-0.25, -0.2) is 14.6 Å². The van der Waals surface area contributed by atoms with Gasteiger partial charge in [-0.05, 0) is 24.6 Å². The molecule has 9 nitrogen and oxygen atoms in total. The van der Waals surface area contributed by atoms with Gasteiger partial charge in [-0.2, -0.15) is 10.1 Å². The van der Waals surface area contributed by atoms with Gasteiger partial charge < -0.3 is 15.7 Å². The summed E-state index contributed by atoms with van der Waals surface area (Å²) in [7, 11) is 3.33. The van der Waals surface area contributed by atoms with Crippen LogP contribution in [0.1, 0.15) is 28.0 Å².